The van der Waals surface area contributed by atoms with Crippen LogP contribution in [0.1, 0.15) is 23.6 Å². The van der Waals surface area contributed by atoms with Crippen molar-refractivity contribution >= 4 is 33.2 Å². The summed E-state index contributed by atoms with van der Waals surface area (Å²) >= 11 is 6.14. The van der Waals surface area contributed by atoms with Gasteiger partial charge in [-0.2, -0.15) is 0 Å². The lowest BCUT2D eigenvalue weighted by atomic mass is 10.1. The fraction of sp³-hybridized carbons (Fsp3) is 0.381. The second-order valence-electron chi connectivity index (χ2n) is 7.01. The van der Waals surface area contributed by atoms with Crippen LogP contribution >= 0.6 is 11.6 Å². The molecule has 0 bridgehead atoms. The zero-order valence-electron chi connectivity index (χ0n) is 17.3. The van der Waals surface area contributed by atoms with Crippen molar-refractivity contribution < 1.29 is 17.9 Å². The molecule has 0 aliphatic rings. The predicted octanol–water partition coefficient (Wildman–Crippen LogP) is 3.61. The minimum absolute atomic E-state index is 0.253. The molecule has 0 saturated heterocycles. The Morgan fingerprint density at radius 1 is 1.17 bits per heavy atom. The van der Waals surface area contributed by atoms with Gasteiger partial charge < -0.3 is 10.1 Å². The second-order valence-corrected chi connectivity index (χ2v) is 9.27. The Morgan fingerprint density at radius 3 is 2.48 bits per heavy atom. The summed E-state index contributed by atoms with van der Waals surface area (Å²) in [4.78, 5) is 12.6. The smallest absolute Gasteiger partial charge is 0.243 e. The first-order valence-corrected chi connectivity index (χ1v) is 11.5. The van der Waals surface area contributed by atoms with Crippen molar-refractivity contribution in [2.24, 2.45) is 0 Å². The molecular formula is C21H27ClN2O4S. The summed E-state index contributed by atoms with van der Waals surface area (Å²) in [6.45, 7) is 7.87. The third-order valence-electron chi connectivity index (χ3n) is 4.71. The molecule has 2 aromatic carbocycles. The Bertz CT molecular complexity index is 992. The monoisotopic (exact) mass is 438 g/mol. The van der Waals surface area contributed by atoms with Gasteiger partial charge in [-0.25, -0.2) is 8.42 Å². The predicted molar refractivity (Wildman–Crippen MR) is 117 cm³/mol. The van der Waals surface area contributed by atoms with E-state index in [0.717, 1.165) is 33.0 Å². The molecule has 0 fully saturated rings. The second kappa shape index (κ2) is 9.50. The maximum absolute atomic E-state index is 12.6. The lowest BCUT2D eigenvalue weighted by molar-refractivity contribution is -0.121. The minimum Gasteiger partial charge on any atom is -0.491 e. The van der Waals surface area contributed by atoms with Crippen molar-refractivity contribution in [2.75, 3.05) is 23.7 Å². The van der Waals surface area contributed by atoms with Crippen LogP contribution in [0.3, 0.4) is 0 Å². The third-order valence-corrected chi connectivity index (χ3v) is 6.36. The zero-order valence-corrected chi connectivity index (χ0v) is 18.9. The van der Waals surface area contributed by atoms with E-state index < -0.39 is 22.0 Å². The number of carbonyl (C=O) groups excluding carboxylic acids is 1. The van der Waals surface area contributed by atoms with Crippen LogP contribution in [0.5, 0.6) is 5.75 Å². The van der Waals surface area contributed by atoms with Crippen molar-refractivity contribution in [3.05, 3.63) is 58.1 Å². The number of nitrogens with one attached hydrogen (secondary N) is 1. The van der Waals surface area contributed by atoms with Gasteiger partial charge in [-0.1, -0.05) is 29.8 Å². The molecule has 2 aromatic rings. The largest absolute Gasteiger partial charge is 0.491 e. The minimum atomic E-state index is -3.69. The van der Waals surface area contributed by atoms with Crippen LogP contribution in [0.2, 0.25) is 5.02 Å². The van der Waals surface area contributed by atoms with Gasteiger partial charge in [-0.15, -0.1) is 0 Å². The average Bonchev–Trinajstić information content (AvgIpc) is 2.63. The molecule has 0 saturated carbocycles. The van der Waals surface area contributed by atoms with Crippen LogP contribution in [-0.2, 0) is 14.8 Å². The van der Waals surface area contributed by atoms with Crippen molar-refractivity contribution in [1.82, 2.24) is 5.32 Å². The fourth-order valence-corrected chi connectivity index (χ4v) is 4.23. The molecule has 1 amide bonds. The maximum atomic E-state index is 12.6. The number of hydrogen-bond donors (Lipinski definition) is 1. The van der Waals surface area contributed by atoms with Gasteiger partial charge >= 0.3 is 0 Å². The van der Waals surface area contributed by atoms with Gasteiger partial charge in [0.2, 0.25) is 15.9 Å². The topological polar surface area (TPSA) is 75.7 Å². The number of hydrogen-bond acceptors (Lipinski definition) is 4. The van der Waals surface area contributed by atoms with E-state index in [-0.39, 0.29) is 13.2 Å². The standard InChI is InChI=1S/C21H27ClN2O4S/c1-14-7-6-8-20(16(14)3)28-12-11-23-21(25)17(4)24(29(5,26)27)18-10-9-15(2)19(22)13-18/h6-10,13,17H,11-12H2,1-5H3,(H,23,25)/t17-/m1/s1. The summed E-state index contributed by atoms with van der Waals surface area (Å²) in [5.74, 6) is 0.344. The van der Waals surface area contributed by atoms with E-state index in [4.69, 9.17) is 16.3 Å². The highest BCUT2D eigenvalue weighted by atomic mass is 35.5. The summed E-state index contributed by atoms with van der Waals surface area (Å²) in [5.41, 5.74) is 3.34. The van der Waals surface area contributed by atoms with Gasteiger partial charge in [0.1, 0.15) is 18.4 Å². The maximum Gasteiger partial charge on any atom is 0.243 e. The molecular weight excluding hydrogens is 412 g/mol. The average molecular weight is 439 g/mol. The number of nitrogens with zero attached hydrogens (tertiary/aromatic N) is 1. The quantitative estimate of drug-likeness (QED) is 0.639. The molecule has 8 heteroatoms. The van der Waals surface area contributed by atoms with Gasteiger partial charge in [0.25, 0.3) is 0 Å². The van der Waals surface area contributed by atoms with Crippen LogP contribution in [0.25, 0.3) is 0 Å². The van der Waals surface area contributed by atoms with Crippen LogP contribution in [0.15, 0.2) is 36.4 Å². The first-order valence-electron chi connectivity index (χ1n) is 9.24. The van der Waals surface area contributed by atoms with Crippen molar-refractivity contribution in [1.29, 1.82) is 0 Å². The molecule has 2 rings (SSSR count). The molecule has 0 aliphatic carbocycles. The molecule has 0 spiro atoms. The number of anilines is 1. The van der Waals surface area contributed by atoms with E-state index in [1.165, 1.54) is 6.92 Å². The highest BCUT2D eigenvalue weighted by molar-refractivity contribution is 7.92. The molecule has 6 nitrogen and oxygen atoms in total. The summed E-state index contributed by atoms with van der Waals surface area (Å²) < 4.78 is 31.5. The fourth-order valence-electron chi connectivity index (χ4n) is 2.89. The number of carbonyl (C=O) groups is 1. The first-order chi connectivity index (χ1) is 13.5. The van der Waals surface area contributed by atoms with Crippen molar-refractivity contribution in [3.63, 3.8) is 0 Å². The van der Waals surface area contributed by atoms with Crippen LogP contribution < -0.4 is 14.4 Å². The Labute approximate surface area is 177 Å². The Hall–Kier alpha value is -2.25. The van der Waals surface area contributed by atoms with Gasteiger partial charge in [0, 0.05) is 5.02 Å². The molecule has 0 aliphatic heterocycles. The molecule has 0 heterocycles. The lowest BCUT2D eigenvalue weighted by Crippen LogP contribution is -2.48. The highest BCUT2D eigenvalue weighted by Gasteiger charge is 2.29. The van der Waals surface area contributed by atoms with E-state index in [0.29, 0.717) is 10.7 Å². The number of aryl methyl sites for hydroxylation is 2. The number of amides is 1. The van der Waals surface area contributed by atoms with Crippen LogP contribution in [0.4, 0.5) is 5.69 Å². The Kier molecular flexibility index (Phi) is 7.54. The van der Waals surface area contributed by atoms with Crippen molar-refractivity contribution in [2.45, 2.75) is 33.7 Å². The van der Waals surface area contributed by atoms with Gasteiger partial charge in [0.05, 0.1) is 18.5 Å². The van der Waals surface area contributed by atoms with Crippen molar-refractivity contribution in [3.8, 4) is 5.75 Å². The number of ether oxygens (including phenoxy) is 1. The number of halogens is 1. The van der Waals surface area contributed by atoms with Crippen LogP contribution in [-0.4, -0.2) is 39.8 Å². The lowest BCUT2D eigenvalue weighted by Gasteiger charge is -2.28. The molecule has 158 valence electrons. The molecule has 29 heavy (non-hydrogen) atoms. The Balaban J connectivity index is 2.03. The van der Waals surface area contributed by atoms with E-state index in [1.54, 1.807) is 18.2 Å². The number of benzene rings is 2. The van der Waals surface area contributed by atoms with Crippen LogP contribution in [0, 0.1) is 20.8 Å². The Morgan fingerprint density at radius 2 is 1.86 bits per heavy atom. The molecule has 1 atom stereocenters. The van der Waals surface area contributed by atoms with E-state index in [2.05, 4.69) is 5.32 Å². The third kappa shape index (κ3) is 5.87. The normalized spacial score (nSPS) is 12.3. The summed E-state index contributed by atoms with van der Waals surface area (Å²) in [7, 11) is -3.69. The molecule has 0 unspecified atom stereocenters. The first kappa shape index (κ1) is 23.0. The number of sulfonamides is 1. The summed E-state index contributed by atoms with van der Waals surface area (Å²) in [6, 6.07) is 9.75. The summed E-state index contributed by atoms with van der Waals surface area (Å²) in [5, 5.41) is 3.17. The van der Waals surface area contributed by atoms with E-state index >= 15 is 0 Å². The highest BCUT2D eigenvalue weighted by Crippen LogP contribution is 2.26. The van der Waals surface area contributed by atoms with E-state index in [9.17, 15) is 13.2 Å². The summed E-state index contributed by atoms with van der Waals surface area (Å²) in [6.07, 6.45) is 1.06. The van der Waals surface area contributed by atoms with Gasteiger partial charge in [-0.3, -0.25) is 9.10 Å². The number of rotatable bonds is 8. The van der Waals surface area contributed by atoms with E-state index in [1.807, 2.05) is 39.0 Å². The zero-order chi connectivity index (χ0) is 21.8. The molecule has 0 aromatic heterocycles. The SMILES string of the molecule is Cc1ccc(N([C@H](C)C(=O)NCCOc2cccc(C)c2C)S(C)(=O)=O)cc1Cl. The van der Waals surface area contributed by atoms with Gasteiger partial charge in [-0.05, 0) is 62.6 Å². The van der Waals surface area contributed by atoms with Gasteiger partial charge in [0.15, 0.2) is 0 Å². The molecule has 0 radical (unpaired) electrons. The molecule has 1 N–H and O–H groups in total.